The lowest BCUT2D eigenvalue weighted by Gasteiger charge is -2.39. The number of carbonyl (C=O) groups excluding carboxylic acids is 1. The van der Waals surface area contributed by atoms with E-state index in [1.807, 2.05) is 19.9 Å². The molecule has 0 radical (unpaired) electrons. The first-order chi connectivity index (χ1) is 10.9. The number of fused-ring (bicyclic) bond motifs is 2. The molecule has 23 heavy (non-hydrogen) atoms. The fourth-order valence-electron chi connectivity index (χ4n) is 2.61. The van der Waals surface area contributed by atoms with Crippen LogP contribution in [0.25, 0.3) is 11.0 Å². The number of esters is 1. The highest BCUT2D eigenvalue weighted by molar-refractivity contribution is 6.26. The highest BCUT2D eigenvalue weighted by Gasteiger charge is 2.39. The molecule has 1 atom stereocenters. The van der Waals surface area contributed by atoms with Gasteiger partial charge in [-0.1, -0.05) is 11.6 Å². The lowest BCUT2D eigenvalue weighted by molar-refractivity contribution is -0.155. The topological polar surface area (TPSA) is 65.7 Å². The lowest BCUT2D eigenvalue weighted by atomic mass is 9.90. The largest absolute Gasteiger partial charge is 0.484 e. The molecular weight excluding hydrogens is 320 g/mol. The maximum absolute atomic E-state index is 11.7. The summed E-state index contributed by atoms with van der Waals surface area (Å²) in [5.74, 6) is 0.106. The van der Waals surface area contributed by atoms with E-state index in [-0.39, 0.29) is 0 Å². The number of rotatable bonds is 2. The Bertz CT molecular complexity index is 850. The molecule has 0 unspecified atom stereocenters. The van der Waals surface area contributed by atoms with Gasteiger partial charge in [0, 0.05) is 35.6 Å². The van der Waals surface area contributed by atoms with Crippen LogP contribution in [0.2, 0.25) is 0 Å². The molecule has 0 aliphatic carbocycles. The van der Waals surface area contributed by atoms with Crippen LogP contribution in [0.15, 0.2) is 45.1 Å². The molecule has 120 valence electrons. The maximum atomic E-state index is 11.7. The van der Waals surface area contributed by atoms with Gasteiger partial charge in [0.1, 0.15) is 23.0 Å². The molecule has 3 rings (SSSR count). The van der Waals surface area contributed by atoms with Gasteiger partial charge in [0.05, 0.1) is 0 Å². The van der Waals surface area contributed by atoms with Crippen molar-refractivity contribution in [2.75, 3.05) is 0 Å². The number of benzene rings is 1. The van der Waals surface area contributed by atoms with Gasteiger partial charge < -0.3 is 13.9 Å². The molecule has 0 N–H and O–H groups in total. The molecule has 1 aliphatic rings. The molecule has 0 spiro atoms. The van der Waals surface area contributed by atoms with E-state index in [9.17, 15) is 9.59 Å². The van der Waals surface area contributed by atoms with Crippen molar-refractivity contribution in [1.29, 1.82) is 0 Å². The number of carbonyl (C=O) groups is 1. The highest BCUT2D eigenvalue weighted by Crippen LogP contribution is 2.37. The van der Waals surface area contributed by atoms with Crippen LogP contribution in [0.1, 0.15) is 19.4 Å². The molecule has 2 heterocycles. The van der Waals surface area contributed by atoms with Crippen molar-refractivity contribution >= 4 is 28.5 Å². The monoisotopic (exact) mass is 334 g/mol. The molecule has 0 bridgehead atoms. The van der Waals surface area contributed by atoms with Crippen molar-refractivity contribution in [3.63, 3.8) is 0 Å². The average Bonchev–Trinajstić information content (AvgIpc) is 2.46. The van der Waals surface area contributed by atoms with Crippen LogP contribution in [0, 0.1) is 0 Å². The van der Waals surface area contributed by atoms with E-state index in [0.29, 0.717) is 17.8 Å². The van der Waals surface area contributed by atoms with Crippen molar-refractivity contribution in [3.05, 3.63) is 51.9 Å². The van der Waals surface area contributed by atoms with Gasteiger partial charge in [0.15, 0.2) is 0 Å². The molecule has 0 saturated carbocycles. The summed E-state index contributed by atoms with van der Waals surface area (Å²) in [6.45, 7) is 3.67. The predicted molar refractivity (Wildman–Crippen MR) is 85.8 cm³/mol. The van der Waals surface area contributed by atoms with E-state index in [1.165, 1.54) is 6.07 Å². The second-order valence-electron chi connectivity index (χ2n) is 5.88. The molecule has 1 aliphatic heterocycles. The second kappa shape index (κ2) is 5.74. The highest BCUT2D eigenvalue weighted by atomic mass is 35.5. The van der Waals surface area contributed by atoms with E-state index in [4.69, 9.17) is 25.5 Å². The van der Waals surface area contributed by atoms with E-state index in [0.717, 1.165) is 22.6 Å². The summed E-state index contributed by atoms with van der Waals surface area (Å²) in [4.78, 5) is 23.0. The summed E-state index contributed by atoms with van der Waals surface area (Å²) >= 11 is 5.40. The molecule has 0 fully saturated rings. The van der Waals surface area contributed by atoms with E-state index >= 15 is 0 Å². The molecular formula is C17H15ClO5. The molecule has 2 aromatic rings. The van der Waals surface area contributed by atoms with Gasteiger partial charge in [-0.05, 0) is 31.5 Å². The molecule has 6 heteroatoms. The van der Waals surface area contributed by atoms with Crippen molar-refractivity contribution in [3.8, 4) is 5.75 Å². The Balaban J connectivity index is 1.98. The third-order valence-corrected chi connectivity index (χ3v) is 3.94. The molecule has 5 nitrogen and oxygen atoms in total. The zero-order valence-electron chi connectivity index (χ0n) is 12.7. The molecule has 1 aromatic heterocycles. The summed E-state index contributed by atoms with van der Waals surface area (Å²) in [5.41, 5.74) is 1.34. The van der Waals surface area contributed by atoms with E-state index in [2.05, 4.69) is 0 Å². The maximum Gasteiger partial charge on any atom is 0.336 e. The summed E-state index contributed by atoms with van der Waals surface area (Å²) in [7, 11) is 0. The quantitative estimate of drug-likeness (QED) is 0.479. The minimum atomic E-state index is -0.717. The van der Waals surface area contributed by atoms with Crippen molar-refractivity contribution in [1.82, 2.24) is 0 Å². The van der Waals surface area contributed by atoms with Crippen molar-refractivity contribution in [2.24, 2.45) is 0 Å². The third kappa shape index (κ3) is 3.10. The summed E-state index contributed by atoms with van der Waals surface area (Å²) in [6.07, 6.45) is 1.20. The average molecular weight is 335 g/mol. The van der Waals surface area contributed by atoms with E-state index in [1.54, 1.807) is 12.1 Å². The minimum Gasteiger partial charge on any atom is -0.484 e. The summed E-state index contributed by atoms with van der Waals surface area (Å²) in [6, 6.07) is 6.63. The van der Waals surface area contributed by atoms with Crippen LogP contribution in [0.3, 0.4) is 0 Å². The van der Waals surface area contributed by atoms with Gasteiger partial charge in [-0.15, -0.1) is 0 Å². The predicted octanol–water partition coefficient (Wildman–Crippen LogP) is 3.17. The zero-order valence-corrected chi connectivity index (χ0v) is 13.4. The Labute approximate surface area is 137 Å². The molecule has 1 aromatic carbocycles. The Morgan fingerprint density at radius 3 is 2.91 bits per heavy atom. The van der Waals surface area contributed by atoms with Gasteiger partial charge in [0.25, 0.3) is 0 Å². The third-order valence-electron chi connectivity index (χ3n) is 3.81. The SMILES string of the molecule is CC1(C)Oc2cc3oc(=O)ccc3cc2C[C@H]1OC(=O)/C=C\Cl. The number of ether oxygens (including phenoxy) is 2. The summed E-state index contributed by atoms with van der Waals surface area (Å²) < 4.78 is 16.6. The number of hydrogen-bond donors (Lipinski definition) is 0. The van der Waals surface area contributed by atoms with Gasteiger partial charge in [-0.2, -0.15) is 0 Å². The van der Waals surface area contributed by atoms with Crippen molar-refractivity contribution < 1.29 is 18.7 Å². The van der Waals surface area contributed by atoms with Gasteiger partial charge >= 0.3 is 11.6 Å². The number of hydrogen-bond acceptors (Lipinski definition) is 5. The zero-order chi connectivity index (χ0) is 16.6. The van der Waals surface area contributed by atoms with Crippen LogP contribution in [0.5, 0.6) is 5.75 Å². The molecule has 0 saturated heterocycles. The van der Waals surface area contributed by atoms with Crippen molar-refractivity contribution in [2.45, 2.75) is 32.0 Å². The lowest BCUT2D eigenvalue weighted by Crippen LogP contribution is -2.48. The van der Waals surface area contributed by atoms with Gasteiger partial charge in [0.2, 0.25) is 0 Å². The van der Waals surface area contributed by atoms with Crippen LogP contribution in [-0.2, 0) is 16.0 Å². The van der Waals surface area contributed by atoms with Crippen LogP contribution in [0.4, 0.5) is 0 Å². The van der Waals surface area contributed by atoms with E-state index < -0.39 is 23.3 Å². The molecule has 0 amide bonds. The smallest absolute Gasteiger partial charge is 0.336 e. The standard InChI is InChI=1S/C17H15ClO5/c1-17(2)14(22-16(20)5-6-18)8-11-7-10-3-4-15(19)21-12(10)9-13(11)23-17/h3-7,9,14H,8H2,1-2H3/b6-5-/t14-/m1/s1. The summed E-state index contributed by atoms with van der Waals surface area (Å²) in [5, 5.41) is 0.789. The Kier molecular flexibility index (Phi) is 3.90. The van der Waals surface area contributed by atoms with Crippen LogP contribution >= 0.6 is 11.6 Å². The first kappa shape index (κ1) is 15.6. The Hall–Kier alpha value is -2.27. The second-order valence-corrected chi connectivity index (χ2v) is 6.13. The van der Waals surface area contributed by atoms with Crippen LogP contribution in [-0.4, -0.2) is 17.7 Å². The van der Waals surface area contributed by atoms with Crippen LogP contribution < -0.4 is 10.4 Å². The first-order valence-electron chi connectivity index (χ1n) is 7.12. The normalized spacial score (nSPS) is 19.3. The number of halogens is 1. The fourth-order valence-corrected chi connectivity index (χ4v) is 2.71. The minimum absolute atomic E-state index is 0.410. The first-order valence-corrected chi connectivity index (χ1v) is 7.56. The van der Waals surface area contributed by atoms with Gasteiger partial charge in [-0.25, -0.2) is 9.59 Å². The fraction of sp³-hybridized carbons (Fsp3) is 0.294. The Morgan fingerprint density at radius 2 is 2.17 bits per heavy atom. The Morgan fingerprint density at radius 1 is 1.39 bits per heavy atom. The van der Waals surface area contributed by atoms with Gasteiger partial charge in [-0.3, -0.25) is 0 Å².